The van der Waals surface area contributed by atoms with Gasteiger partial charge in [0.05, 0.1) is 11.4 Å². The number of carbonyl (C=O) groups is 2. The van der Waals surface area contributed by atoms with E-state index < -0.39 is 0 Å². The Morgan fingerprint density at radius 3 is 2.77 bits per heavy atom. The highest BCUT2D eigenvalue weighted by Crippen LogP contribution is 2.31. The Morgan fingerprint density at radius 1 is 1.13 bits per heavy atom. The van der Waals surface area contributed by atoms with Crippen molar-refractivity contribution in [3.8, 4) is 0 Å². The Kier molecular flexibility index (Phi) is 6.59. The number of nitrogens with one attached hydrogen (secondary N) is 2. The first-order valence-corrected chi connectivity index (χ1v) is 11.5. The predicted octanol–water partition coefficient (Wildman–Crippen LogP) is 2.98. The first-order chi connectivity index (χ1) is 14.6. The van der Waals surface area contributed by atoms with Crippen LogP contribution in [0.5, 0.6) is 0 Å². The van der Waals surface area contributed by atoms with Gasteiger partial charge in [0.2, 0.25) is 5.91 Å². The molecule has 30 heavy (non-hydrogen) atoms. The zero-order valence-corrected chi connectivity index (χ0v) is 18.1. The highest BCUT2D eigenvalue weighted by atomic mass is 32.2. The molecule has 0 atom stereocenters. The average molecular weight is 425 g/mol. The Balaban J connectivity index is 1.18. The van der Waals surface area contributed by atoms with Gasteiger partial charge in [-0.05, 0) is 55.8 Å². The van der Waals surface area contributed by atoms with E-state index in [4.69, 9.17) is 0 Å². The number of benzene rings is 2. The second-order valence-electron chi connectivity index (χ2n) is 7.82. The first kappa shape index (κ1) is 20.8. The van der Waals surface area contributed by atoms with Gasteiger partial charge in [-0.25, -0.2) is 0 Å². The van der Waals surface area contributed by atoms with Crippen molar-refractivity contribution in [2.24, 2.45) is 0 Å². The van der Waals surface area contributed by atoms with Crippen LogP contribution in [0.15, 0.2) is 47.4 Å². The second-order valence-corrected chi connectivity index (χ2v) is 8.84. The molecule has 2 aromatic rings. The molecule has 1 saturated heterocycles. The molecule has 0 aromatic heterocycles. The molecule has 2 aromatic carbocycles. The Hall–Kier alpha value is -2.51. The van der Waals surface area contributed by atoms with Gasteiger partial charge in [0.1, 0.15) is 0 Å². The van der Waals surface area contributed by atoms with E-state index >= 15 is 0 Å². The molecule has 0 spiro atoms. The summed E-state index contributed by atoms with van der Waals surface area (Å²) in [6.07, 6.45) is 0.924. The van der Waals surface area contributed by atoms with E-state index in [2.05, 4.69) is 51.6 Å². The van der Waals surface area contributed by atoms with Crippen LogP contribution in [-0.2, 0) is 4.79 Å². The molecular formula is C23H28N4O2S. The fraction of sp³-hybridized carbons (Fsp3) is 0.391. The zero-order valence-electron chi connectivity index (χ0n) is 17.3. The quantitative estimate of drug-likeness (QED) is 0.698. The van der Waals surface area contributed by atoms with Crippen molar-refractivity contribution in [2.75, 3.05) is 55.2 Å². The minimum Gasteiger partial charge on any atom is -0.369 e. The number of carbonyl (C=O) groups excluding carboxylic acids is 2. The van der Waals surface area contributed by atoms with Crippen LogP contribution in [0.25, 0.3) is 0 Å². The standard InChI is InChI=1S/C23H28N4O2S/c1-17-4-2-5-19(14-17)27-12-10-26(11-13-27)9-3-8-24-23(29)18-6-7-21-20(15-18)25-22(28)16-30-21/h2,4-7,14-15H,3,8-13,16H2,1H3,(H,24,29)(H,25,28). The number of thioether (sulfide) groups is 1. The number of fused-ring (bicyclic) bond motifs is 1. The molecule has 0 aliphatic carbocycles. The summed E-state index contributed by atoms with van der Waals surface area (Å²) >= 11 is 1.50. The van der Waals surface area contributed by atoms with Gasteiger partial charge in [-0.1, -0.05) is 12.1 Å². The SMILES string of the molecule is Cc1cccc(N2CCN(CCCNC(=O)c3ccc4c(c3)NC(=O)CS4)CC2)c1. The number of rotatable bonds is 6. The van der Waals surface area contributed by atoms with Crippen LogP contribution in [-0.4, -0.2) is 61.7 Å². The third-order valence-corrected chi connectivity index (χ3v) is 6.62. The lowest BCUT2D eigenvalue weighted by Crippen LogP contribution is -2.47. The van der Waals surface area contributed by atoms with E-state index in [0.29, 0.717) is 17.9 Å². The molecule has 0 radical (unpaired) electrons. The summed E-state index contributed by atoms with van der Waals surface area (Å²) in [5, 5.41) is 5.84. The van der Waals surface area contributed by atoms with Crippen LogP contribution < -0.4 is 15.5 Å². The highest BCUT2D eigenvalue weighted by Gasteiger charge is 2.18. The van der Waals surface area contributed by atoms with E-state index in [9.17, 15) is 9.59 Å². The smallest absolute Gasteiger partial charge is 0.251 e. The van der Waals surface area contributed by atoms with Crippen LogP contribution in [0.1, 0.15) is 22.3 Å². The van der Waals surface area contributed by atoms with Crippen molar-refractivity contribution in [1.82, 2.24) is 10.2 Å². The number of aryl methyl sites for hydroxylation is 1. The van der Waals surface area contributed by atoms with Crippen LogP contribution >= 0.6 is 11.8 Å². The summed E-state index contributed by atoms with van der Waals surface area (Å²) in [5.41, 5.74) is 3.92. The Bertz CT molecular complexity index is 925. The highest BCUT2D eigenvalue weighted by molar-refractivity contribution is 8.00. The summed E-state index contributed by atoms with van der Waals surface area (Å²) in [6.45, 7) is 7.93. The molecule has 0 saturated carbocycles. The molecule has 2 N–H and O–H groups in total. The lowest BCUT2D eigenvalue weighted by Gasteiger charge is -2.36. The molecule has 158 valence electrons. The maximum Gasteiger partial charge on any atom is 0.251 e. The molecule has 6 nitrogen and oxygen atoms in total. The summed E-state index contributed by atoms with van der Waals surface area (Å²) in [5.74, 6) is 0.317. The van der Waals surface area contributed by atoms with Gasteiger partial charge < -0.3 is 15.5 Å². The molecule has 4 rings (SSSR count). The fourth-order valence-electron chi connectivity index (χ4n) is 3.89. The second kappa shape index (κ2) is 9.53. The number of anilines is 2. The first-order valence-electron chi connectivity index (χ1n) is 10.5. The van der Waals surface area contributed by atoms with Crippen molar-refractivity contribution in [3.05, 3.63) is 53.6 Å². The Labute approximate surface area is 182 Å². The fourth-order valence-corrected chi connectivity index (χ4v) is 4.67. The van der Waals surface area contributed by atoms with E-state index in [1.165, 1.54) is 23.0 Å². The van der Waals surface area contributed by atoms with Gasteiger partial charge in [0.25, 0.3) is 5.91 Å². The number of amides is 2. The number of nitrogens with zero attached hydrogens (tertiary/aromatic N) is 2. The van der Waals surface area contributed by atoms with Gasteiger partial charge >= 0.3 is 0 Å². The largest absolute Gasteiger partial charge is 0.369 e. The normalized spacial score (nSPS) is 16.7. The van der Waals surface area contributed by atoms with E-state index in [-0.39, 0.29) is 11.8 Å². The maximum atomic E-state index is 12.4. The predicted molar refractivity (Wildman–Crippen MR) is 123 cm³/mol. The number of hydrogen-bond donors (Lipinski definition) is 2. The average Bonchev–Trinajstić information content (AvgIpc) is 2.76. The van der Waals surface area contributed by atoms with Gasteiger partial charge in [-0.3, -0.25) is 14.5 Å². The van der Waals surface area contributed by atoms with E-state index in [1.807, 2.05) is 12.1 Å². The van der Waals surface area contributed by atoms with Crippen molar-refractivity contribution in [1.29, 1.82) is 0 Å². The Morgan fingerprint density at radius 2 is 1.97 bits per heavy atom. The van der Waals surface area contributed by atoms with Crippen LogP contribution in [0.2, 0.25) is 0 Å². The van der Waals surface area contributed by atoms with E-state index in [0.717, 1.165) is 49.7 Å². The summed E-state index contributed by atoms with van der Waals surface area (Å²) in [4.78, 5) is 29.9. The minimum absolute atomic E-state index is 0.0208. The van der Waals surface area contributed by atoms with Crippen molar-refractivity contribution >= 4 is 35.0 Å². The summed E-state index contributed by atoms with van der Waals surface area (Å²) in [6, 6.07) is 14.2. The molecule has 7 heteroatoms. The van der Waals surface area contributed by atoms with Crippen LogP contribution in [0.3, 0.4) is 0 Å². The van der Waals surface area contributed by atoms with Gasteiger partial charge in [0.15, 0.2) is 0 Å². The maximum absolute atomic E-state index is 12.4. The minimum atomic E-state index is -0.0908. The monoisotopic (exact) mass is 424 g/mol. The van der Waals surface area contributed by atoms with E-state index in [1.54, 1.807) is 6.07 Å². The summed E-state index contributed by atoms with van der Waals surface area (Å²) in [7, 11) is 0. The van der Waals surface area contributed by atoms with Gasteiger partial charge in [-0.15, -0.1) is 11.8 Å². The molecule has 2 aliphatic rings. The topological polar surface area (TPSA) is 64.7 Å². The van der Waals surface area contributed by atoms with Gasteiger partial charge in [-0.2, -0.15) is 0 Å². The third-order valence-electron chi connectivity index (χ3n) is 5.55. The lowest BCUT2D eigenvalue weighted by atomic mass is 10.1. The van der Waals surface area contributed by atoms with Crippen LogP contribution in [0, 0.1) is 6.92 Å². The molecule has 1 fully saturated rings. The van der Waals surface area contributed by atoms with Crippen molar-refractivity contribution in [3.63, 3.8) is 0 Å². The molecule has 0 bridgehead atoms. The molecule has 2 aliphatic heterocycles. The molecule has 2 amide bonds. The number of hydrogen-bond acceptors (Lipinski definition) is 5. The summed E-state index contributed by atoms with van der Waals surface area (Å²) < 4.78 is 0. The zero-order chi connectivity index (χ0) is 20.9. The van der Waals surface area contributed by atoms with Gasteiger partial charge in [0, 0.05) is 48.9 Å². The third kappa shape index (κ3) is 5.15. The van der Waals surface area contributed by atoms with Crippen LogP contribution in [0.4, 0.5) is 11.4 Å². The van der Waals surface area contributed by atoms with Crippen molar-refractivity contribution < 1.29 is 9.59 Å². The number of piperazine rings is 1. The molecule has 0 unspecified atom stereocenters. The molecular weight excluding hydrogens is 396 g/mol. The lowest BCUT2D eigenvalue weighted by molar-refractivity contribution is -0.113. The molecule has 2 heterocycles. The van der Waals surface area contributed by atoms with Crippen molar-refractivity contribution in [2.45, 2.75) is 18.2 Å².